The third-order valence-corrected chi connectivity index (χ3v) is 2.81. The van der Waals surface area contributed by atoms with E-state index in [1.165, 1.54) is 0 Å². The molecule has 0 amide bonds. The van der Waals surface area contributed by atoms with Crippen LogP contribution >= 0.6 is 0 Å². The molecule has 5 nitrogen and oxygen atoms in total. The first-order valence-electron chi connectivity index (χ1n) is 5.65. The molecule has 0 saturated heterocycles. The number of nitrogens with zero attached hydrogens (tertiary/aromatic N) is 2. The number of H-pyrrole nitrogens is 1. The number of hydrogen-bond donors (Lipinski definition) is 1. The van der Waals surface area contributed by atoms with Crippen molar-refractivity contribution >= 4 is 11.0 Å². The van der Waals surface area contributed by atoms with Gasteiger partial charge in [0.1, 0.15) is 5.75 Å². The lowest BCUT2D eigenvalue weighted by Crippen LogP contribution is -1.81. The molecule has 0 bridgehead atoms. The van der Waals surface area contributed by atoms with Gasteiger partial charge in [0, 0.05) is 13.0 Å². The lowest BCUT2D eigenvalue weighted by Gasteiger charge is -1.96. The monoisotopic (exact) mass is 243 g/mol. The maximum Gasteiger partial charge on any atom is 0.192 e. The summed E-state index contributed by atoms with van der Waals surface area (Å²) < 4.78 is 10.7. The quantitative estimate of drug-likeness (QED) is 0.751. The van der Waals surface area contributed by atoms with E-state index in [1.807, 2.05) is 32.0 Å². The molecule has 2 aromatic heterocycles. The summed E-state index contributed by atoms with van der Waals surface area (Å²) in [6.07, 6.45) is 0. The van der Waals surface area contributed by atoms with Gasteiger partial charge in [-0.1, -0.05) is 0 Å². The molecule has 2 heterocycles. The van der Waals surface area contributed by atoms with E-state index in [4.69, 9.17) is 9.15 Å². The van der Waals surface area contributed by atoms with Crippen LogP contribution in [0.15, 0.2) is 22.6 Å². The van der Waals surface area contributed by atoms with E-state index in [-0.39, 0.29) is 0 Å². The maximum atomic E-state index is 5.55. The molecule has 5 heteroatoms. The maximum absolute atomic E-state index is 5.55. The molecule has 0 saturated carbocycles. The standard InChI is InChI=1S/C13H13N3O2/c1-7-12(18-8(2)14-7)13-15-10-5-4-9(17-3)6-11(10)16-13/h4-6H,1-3H3,(H,15,16). The molecule has 1 aromatic carbocycles. The number of hydrogen-bond acceptors (Lipinski definition) is 4. The van der Waals surface area contributed by atoms with Gasteiger partial charge < -0.3 is 14.1 Å². The van der Waals surface area contributed by atoms with E-state index < -0.39 is 0 Å². The Morgan fingerprint density at radius 2 is 2.06 bits per heavy atom. The number of aromatic amines is 1. The first-order valence-corrected chi connectivity index (χ1v) is 5.65. The molecule has 3 aromatic rings. The van der Waals surface area contributed by atoms with E-state index >= 15 is 0 Å². The van der Waals surface area contributed by atoms with E-state index in [0.717, 1.165) is 22.5 Å². The zero-order chi connectivity index (χ0) is 12.7. The number of imidazole rings is 1. The van der Waals surface area contributed by atoms with Gasteiger partial charge in [0.05, 0.1) is 23.8 Å². The Morgan fingerprint density at radius 1 is 1.22 bits per heavy atom. The second-order valence-electron chi connectivity index (χ2n) is 4.12. The molecule has 92 valence electrons. The van der Waals surface area contributed by atoms with Gasteiger partial charge in [-0.05, 0) is 19.1 Å². The second-order valence-corrected chi connectivity index (χ2v) is 4.12. The van der Waals surface area contributed by atoms with Crippen LogP contribution in [0.4, 0.5) is 0 Å². The molecule has 0 radical (unpaired) electrons. The first-order chi connectivity index (χ1) is 8.67. The van der Waals surface area contributed by atoms with Crippen LogP contribution < -0.4 is 4.74 Å². The van der Waals surface area contributed by atoms with Crippen molar-refractivity contribution in [1.82, 2.24) is 15.0 Å². The van der Waals surface area contributed by atoms with Crippen molar-refractivity contribution in [3.63, 3.8) is 0 Å². The fraction of sp³-hybridized carbons (Fsp3) is 0.231. The lowest BCUT2D eigenvalue weighted by atomic mass is 10.3. The Balaban J connectivity index is 2.16. The fourth-order valence-corrected chi connectivity index (χ4v) is 1.97. The predicted octanol–water partition coefficient (Wildman–Crippen LogP) is 2.84. The van der Waals surface area contributed by atoms with Gasteiger partial charge in [-0.2, -0.15) is 0 Å². The highest BCUT2D eigenvalue weighted by atomic mass is 16.5. The van der Waals surface area contributed by atoms with Gasteiger partial charge in [-0.3, -0.25) is 0 Å². The summed E-state index contributed by atoms with van der Waals surface area (Å²) in [7, 11) is 1.64. The Kier molecular flexibility index (Phi) is 2.33. The smallest absolute Gasteiger partial charge is 0.192 e. The minimum atomic E-state index is 0.639. The average Bonchev–Trinajstić information content (AvgIpc) is 2.90. The van der Waals surface area contributed by atoms with Gasteiger partial charge in [-0.25, -0.2) is 9.97 Å². The molecular formula is C13H13N3O2. The van der Waals surface area contributed by atoms with E-state index in [1.54, 1.807) is 7.11 Å². The van der Waals surface area contributed by atoms with Crippen molar-refractivity contribution in [1.29, 1.82) is 0 Å². The summed E-state index contributed by atoms with van der Waals surface area (Å²) in [6, 6.07) is 5.70. The van der Waals surface area contributed by atoms with E-state index in [2.05, 4.69) is 15.0 Å². The zero-order valence-corrected chi connectivity index (χ0v) is 10.4. The fourth-order valence-electron chi connectivity index (χ4n) is 1.97. The van der Waals surface area contributed by atoms with Crippen LogP contribution in [0, 0.1) is 13.8 Å². The van der Waals surface area contributed by atoms with Crippen molar-refractivity contribution in [2.75, 3.05) is 7.11 Å². The average molecular weight is 243 g/mol. The number of benzene rings is 1. The van der Waals surface area contributed by atoms with Crippen LogP contribution in [-0.4, -0.2) is 22.1 Å². The topological polar surface area (TPSA) is 63.9 Å². The number of aryl methyl sites for hydroxylation is 2. The van der Waals surface area contributed by atoms with Gasteiger partial charge in [0.2, 0.25) is 0 Å². The van der Waals surface area contributed by atoms with Crippen LogP contribution in [-0.2, 0) is 0 Å². The summed E-state index contributed by atoms with van der Waals surface area (Å²) in [5.41, 5.74) is 2.62. The second kappa shape index (κ2) is 3.87. The normalized spacial score (nSPS) is 11.1. The lowest BCUT2D eigenvalue weighted by molar-refractivity contribution is 0.415. The zero-order valence-electron chi connectivity index (χ0n) is 10.4. The van der Waals surface area contributed by atoms with Crippen molar-refractivity contribution in [2.24, 2.45) is 0 Å². The number of oxazole rings is 1. The molecule has 0 atom stereocenters. The summed E-state index contributed by atoms with van der Waals surface area (Å²) in [4.78, 5) is 11.9. The summed E-state index contributed by atoms with van der Waals surface area (Å²) in [5.74, 6) is 2.81. The number of aromatic nitrogens is 3. The highest BCUT2D eigenvalue weighted by Gasteiger charge is 2.13. The highest BCUT2D eigenvalue weighted by molar-refractivity contribution is 5.80. The third-order valence-electron chi connectivity index (χ3n) is 2.81. The Bertz CT molecular complexity index is 712. The number of methoxy groups -OCH3 is 1. The molecule has 0 fully saturated rings. The number of fused-ring (bicyclic) bond motifs is 1. The van der Waals surface area contributed by atoms with Crippen molar-refractivity contribution < 1.29 is 9.15 Å². The Hall–Kier alpha value is -2.30. The first kappa shape index (κ1) is 10.8. The van der Waals surface area contributed by atoms with Crippen molar-refractivity contribution in [3.05, 3.63) is 29.8 Å². The van der Waals surface area contributed by atoms with Crippen LogP contribution in [0.3, 0.4) is 0 Å². The predicted molar refractivity (Wildman–Crippen MR) is 67.6 cm³/mol. The SMILES string of the molecule is COc1ccc2nc(-c3oc(C)nc3C)[nH]c2c1. The molecule has 0 unspecified atom stereocenters. The van der Waals surface area contributed by atoms with Crippen LogP contribution in [0.1, 0.15) is 11.6 Å². The van der Waals surface area contributed by atoms with Crippen LogP contribution in [0.2, 0.25) is 0 Å². The minimum Gasteiger partial charge on any atom is -0.497 e. The number of nitrogens with one attached hydrogen (secondary N) is 1. The van der Waals surface area contributed by atoms with Crippen LogP contribution in [0.5, 0.6) is 5.75 Å². The van der Waals surface area contributed by atoms with Gasteiger partial charge in [0.15, 0.2) is 17.5 Å². The molecule has 1 N–H and O–H groups in total. The van der Waals surface area contributed by atoms with Crippen molar-refractivity contribution in [2.45, 2.75) is 13.8 Å². The molecule has 0 aliphatic rings. The molecule has 0 aliphatic heterocycles. The molecule has 0 aliphatic carbocycles. The Morgan fingerprint density at radius 3 is 2.72 bits per heavy atom. The Labute approximate surface area is 104 Å². The molecule has 18 heavy (non-hydrogen) atoms. The van der Waals surface area contributed by atoms with Gasteiger partial charge in [-0.15, -0.1) is 0 Å². The van der Waals surface area contributed by atoms with E-state index in [9.17, 15) is 0 Å². The van der Waals surface area contributed by atoms with E-state index in [0.29, 0.717) is 17.5 Å². The highest BCUT2D eigenvalue weighted by Crippen LogP contribution is 2.26. The molecular weight excluding hydrogens is 230 g/mol. The minimum absolute atomic E-state index is 0.639. The summed E-state index contributed by atoms with van der Waals surface area (Å²) >= 11 is 0. The molecule has 3 rings (SSSR count). The summed E-state index contributed by atoms with van der Waals surface area (Å²) in [6.45, 7) is 3.72. The van der Waals surface area contributed by atoms with Gasteiger partial charge >= 0.3 is 0 Å². The van der Waals surface area contributed by atoms with Gasteiger partial charge in [0.25, 0.3) is 0 Å². The van der Waals surface area contributed by atoms with Crippen LogP contribution in [0.25, 0.3) is 22.6 Å². The molecule has 0 spiro atoms. The number of ether oxygens (including phenoxy) is 1. The summed E-state index contributed by atoms with van der Waals surface area (Å²) in [5, 5.41) is 0. The largest absolute Gasteiger partial charge is 0.497 e. The van der Waals surface area contributed by atoms with Crippen molar-refractivity contribution in [3.8, 4) is 17.3 Å². The number of rotatable bonds is 2. The third kappa shape index (κ3) is 1.64.